The molecule has 1 spiro atoms. The molecule has 3 aromatic rings. The quantitative estimate of drug-likeness (QED) is 0.275. The SMILES string of the molecule is C=CC1OC1N[C@H]1COC[C@H]1Nc1cc2c(N3CC4(COC4)C3)nc(-c3c(Cl)c(OC)cc(OC)c3Cl)cc2cn1. The Morgan fingerprint density at radius 2 is 1.78 bits per heavy atom. The van der Waals surface area contributed by atoms with Crippen molar-refractivity contribution >= 4 is 45.6 Å². The van der Waals surface area contributed by atoms with Crippen molar-refractivity contribution in [3.8, 4) is 22.8 Å². The first-order valence-corrected chi connectivity index (χ1v) is 14.3. The van der Waals surface area contributed by atoms with Crippen LogP contribution in [0.1, 0.15) is 0 Å². The molecule has 4 atom stereocenters. The molecule has 0 saturated carbocycles. The highest BCUT2D eigenvalue weighted by atomic mass is 35.5. The van der Waals surface area contributed by atoms with Crippen LogP contribution in [0, 0.1) is 5.41 Å². The monoisotopic (exact) mass is 599 g/mol. The highest BCUT2D eigenvalue weighted by molar-refractivity contribution is 6.41. The van der Waals surface area contributed by atoms with Crippen molar-refractivity contribution in [3.05, 3.63) is 47.1 Å². The van der Waals surface area contributed by atoms with Crippen molar-refractivity contribution in [2.24, 2.45) is 5.41 Å². The first-order valence-electron chi connectivity index (χ1n) is 13.5. The van der Waals surface area contributed by atoms with Gasteiger partial charge in [0.15, 0.2) is 0 Å². The summed E-state index contributed by atoms with van der Waals surface area (Å²) in [4.78, 5) is 12.2. The van der Waals surface area contributed by atoms with Crippen molar-refractivity contribution in [2.75, 3.05) is 64.0 Å². The molecule has 0 bridgehead atoms. The Morgan fingerprint density at radius 1 is 1.05 bits per heavy atom. The third kappa shape index (κ3) is 4.76. The third-order valence-corrected chi connectivity index (χ3v) is 8.99. The minimum absolute atomic E-state index is 0.0228. The molecule has 7 rings (SSSR count). The van der Waals surface area contributed by atoms with Gasteiger partial charge in [0.1, 0.15) is 35.5 Å². The highest BCUT2D eigenvalue weighted by Gasteiger charge is 2.50. The maximum absolute atomic E-state index is 6.79. The molecule has 2 unspecified atom stereocenters. The lowest BCUT2D eigenvalue weighted by Crippen LogP contribution is -2.66. The fourth-order valence-electron chi connectivity index (χ4n) is 5.87. The number of anilines is 2. The number of nitrogens with zero attached hydrogens (tertiary/aromatic N) is 3. The maximum Gasteiger partial charge on any atom is 0.141 e. The summed E-state index contributed by atoms with van der Waals surface area (Å²) in [5.74, 6) is 2.49. The number of rotatable bonds is 9. The topological polar surface area (TPSA) is 103 Å². The van der Waals surface area contributed by atoms with Gasteiger partial charge in [-0.3, -0.25) is 5.32 Å². The fourth-order valence-corrected chi connectivity index (χ4v) is 6.57. The first kappa shape index (κ1) is 27.0. The molecule has 6 heterocycles. The lowest BCUT2D eigenvalue weighted by atomic mass is 9.78. The smallest absolute Gasteiger partial charge is 0.141 e. The minimum atomic E-state index is -0.0228. The second-order valence-electron chi connectivity index (χ2n) is 11.1. The van der Waals surface area contributed by atoms with Gasteiger partial charge in [-0.2, -0.15) is 0 Å². The molecule has 216 valence electrons. The zero-order valence-corrected chi connectivity index (χ0v) is 24.3. The van der Waals surface area contributed by atoms with E-state index in [1.54, 1.807) is 26.4 Å². The molecule has 1 aromatic carbocycles. The summed E-state index contributed by atoms with van der Waals surface area (Å²) in [6.45, 7) is 8.23. The Bertz CT molecular complexity index is 1480. The number of hydrogen-bond donors (Lipinski definition) is 2. The molecule has 12 heteroatoms. The summed E-state index contributed by atoms with van der Waals surface area (Å²) in [6, 6.07) is 5.80. The predicted octanol–water partition coefficient (Wildman–Crippen LogP) is 4.14. The Morgan fingerprint density at radius 3 is 2.41 bits per heavy atom. The number of nitrogens with one attached hydrogen (secondary N) is 2. The Labute approximate surface area is 247 Å². The number of ether oxygens (including phenoxy) is 5. The van der Waals surface area contributed by atoms with E-state index in [2.05, 4.69) is 28.2 Å². The van der Waals surface area contributed by atoms with E-state index in [1.165, 1.54) is 0 Å². The Kier molecular flexibility index (Phi) is 6.88. The maximum atomic E-state index is 6.79. The van der Waals surface area contributed by atoms with Gasteiger partial charge in [0.2, 0.25) is 0 Å². The molecule has 0 radical (unpaired) electrons. The number of halogens is 2. The van der Waals surface area contributed by atoms with E-state index in [-0.39, 0.29) is 29.8 Å². The second-order valence-corrected chi connectivity index (χ2v) is 11.8. The van der Waals surface area contributed by atoms with Crippen LogP contribution in [0.4, 0.5) is 11.6 Å². The van der Waals surface area contributed by atoms with Gasteiger partial charge < -0.3 is 33.9 Å². The van der Waals surface area contributed by atoms with Crippen LogP contribution in [-0.4, -0.2) is 88.1 Å². The van der Waals surface area contributed by atoms with Gasteiger partial charge in [-0.25, -0.2) is 9.97 Å². The van der Waals surface area contributed by atoms with E-state index < -0.39 is 0 Å². The Hall–Kier alpha value is -2.86. The molecule has 2 N–H and O–H groups in total. The summed E-state index contributed by atoms with van der Waals surface area (Å²) >= 11 is 13.6. The number of aromatic nitrogens is 2. The number of pyridine rings is 2. The van der Waals surface area contributed by atoms with E-state index in [9.17, 15) is 0 Å². The van der Waals surface area contributed by atoms with Gasteiger partial charge in [0.25, 0.3) is 0 Å². The van der Waals surface area contributed by atoms with Gasteiger partial charge in [-0.15, -0.1) is 6.58 Å². The lowest BCUT2D eigenvalue weighted by molar-refractivity contribution is -0.127. The molecule has 4 aliphatic heterocycles. The molecular formula is C29H31Cl2N5O5. The number of methoxy groups -OCH3 is 2. The van der Waals surface area contributed by atoms with Crippen molar-refractivity contribution in [2.45, 2.75) is 24.4 Å². The number of benzene rings is 1. The van der Waals surface area contributed by atoms with Crippen LogP contribution < -0.4 is 25.0 Å². The summed E-state index contributed by atoms with van der Waals surface area (Å²) < 4.78 is 27.9. The van der Waals surface area contributed by atoms with E-state index in [4.69, 9.17) is 56.9 Å². The van der Waals surface area contributed by atoms with Gasteiger partial charge >= 0.3 is 0 Å². The van der Waals surface area contributed by atoms with Crippen LogP contribution in [0.5, 0.6) is 11.5 Å². The van der Waals surface area contributed by atoms with Gasteiger partial charge in [-0.1, -0.05) is 29.3 Å². The fraction of sp³-hybridized carbons (Fsp3) is 0.448. The summed E-state index contributed by atoms with van der Waals surface area (Å²) in [5.41, 5.74) is 1.36. The number of fused-ring (bicyclic) bond motifs is 1. The molecule has 4 fully saturated rings. The van der Waals surface area contributed by atoms with Crippen molar-refractivity contribution in [1.82, 2.24) is 15.3 Å². The summed E-state index contributed by atoms with van der Waals surface area (Å²) in [5, 5.41) is 9.69. The van der Waals surface area contributed by atoms with Crippen LogP contribution in [0.15, 0.2) is 37.1 Å². The highest BCUT2D eigenvalue weighted by Crippen LogP contribution is 2.48. The zero-order valence-electron chi connectivity index (χ0n) is 22.8. The molecule has 4 aliphatic rings. The normalized spacial score (nSPS) is 26.0. The largest absolute Gasteiger partial charge is 0.495 e. The van der Waals surface area contributed by atoms with Gasteiger partial charge in [0.05, 0.1) is 73.9 Å². The minimum Gasteiger partial charge on any atom is -0.495 e. The predicted molar refractivity (Wildman–Crippen MR) is 158 cm³/mol. The van der Waals surface area contributed by atoms with Crippen LogP contribution in [0.25, 0.3) is 22.0 Å². The molecule has 0 amide bonds. The molecule has 2 aromatic heterocycles. The van der Waals surface area contributed by atoms with Crippen molar-refractivity contribution in [3.63, 3.8) is 0 Å². The average Bonchev–Trinajstić information content (AvgIpc) is 3.55. The summed E-state index contributed by atoms with van der Waals surface area (Å²) in [7, 11) is 3.11. The van der Waals surface area contributed by atoms with Crippen LogP contribution in [-0.2, 0) is 14.2 Å². The Balaban J connectivity index is 1.25. The van der Waals surface area contributed by atoms with Crippen LogP contribution >= 0.6 is 23.2 Å². The molecule has 4 saturated heterocycles. The second kappa shape index (κ2) is 10.4. The van der Waals surface area contributed by atoms with Gasteiger partial charge in [-0.05, 0) is 12.1 Å². The number of epoxide rings is 1. The standard InChI is InChI=1S/C29H31Cl2N5O5/c1-4-20-28(41-20)35-19-10-39-9-18(19)33-23-6-16-15(8-32-23)5-17(34-27(16)36-11-29(12-36)13-40-14-29)24-25(30)21(37-2)7-22(38-3)26(24)31/h4-8,18-20,28,35H,1,9-14H2,2-3H3,(H,32,33)/t18-,19+,20?,28?/m1/s1. The molecule has 0 aliphatic carbocycles. The van der Waals surface area contributed by atoms with Crippen LogP contribution in [0.3, 0.4) is 0 Å². The first-order chi connectivity index (χ1) is 19.9. The number of hydrogen-bond acceptors (Lipinski definition) is 10. The summed E-state index contributed by atoms with van der Waals surface area (Å²) in [6.07, 6.45) is 3.68. The lowest BCUT2D eigenvalue weighted by Gasteiger charge is -2.55. The molecule has 41 heavy (non-hydrogen) atoms. The average molecular weight is 601 g/mol. The van der Waals surface area contributed by atoms with E-state index in [0.29, 0.717) is 46.0 Å². The van der Waals surface area contributed by atoms with E-state index in [0.717, 1.165) is 48.7 Å². The van der Waals surface area contributed by atoms with E-state index in [1.807, 2.05) is 12.3 Å². The van der Waals surface area contributed by atoms with Crippen molar-refractivity contribution < 1.29 is 23.7 Å². The van der Waals surface area contributed by atoms with Crippen LogP contribution in [0.2, 0.25) is 10.0 Å². The van der Waals surface area contributed by atoms with Crippen molar-refractivity contribution in [1.29, 1.82) is 0 Å². The third-order valence-electron chi connectivity index (χ3n) is 8.24. The molecule has 10 nitrogen and oxygen atoms in total. The van der Waals surface area contributed by atoms with E-state index >= 15 is 0 Å². The molecular weight excluding hydrogens is 569 g/mol. The van der Waals surface area contributed by atoms with Gasteiger partial charge in [0, 0.05) is 41.7 Å². The zero-order chi connectivity index (χ0) is 28.3.